The maximum absolute atomic E-state index is 12.9. The molecule has 1 saturated heterocycles. The molecule has 2 fully saturated rings. The van der Waals surface area contributed by atoms with Crippen molar-refractivity contribution in [1.29, 1.82) is 0 Å². The summed E-state index contributed by atoms with van der Waals surface area (Å²) in [6.45, 7) is 3.55. The first-order chi connectivity index (χ1) is 13.2. The molecule has 6 heteroatoms. The summed E-state index contributed by atoms with van der Waals surface area (Å²) >= 11 is 0. The molecule has 1 aromatic heterocycles. The molecule has 1 aliphatic carbocycles. The smallest absolute Gasteiger partial charge is 0.271 e. The lowest BCUT2D eigenvalue weighted by Crippen LogP contribution is -2.52. The van der Waals surface area contributed by atoms with E-state index < -0.39 is 0 Å². The molecule has 0 atom stereocenters. The summed E-state index contributed by atoms with van der Waals surface area (Å²) in [5.74, 6) is 0.821. The number of hydrogen-bond donors (Lipinski definition) is 1. The van der Waals surface area contributed by atoms with Crippen molar-refractivity contribution in [3.63, 3.8) is 0 Å². The van der Waals surface area contributed by atoms with Gasteiger partial charge >= 0.3 is 0 Å². The number of piperazine rings is 1. The van der Waals surface area contributed by atoms with Gasteiger partial charge in [-0.3, -0.25) is 14.8 Å². The van der Waals surface area contributed by atoms with E-state index in [0.29, 0.717) is 5.69 Å². The molecule has 0 bridgehead atoms. The fraction of sp³-hybridized carbons (Fsp3) is 0.524. The van der Waals surface area contributed by atoms with Gasteiger partial charge in [-0.05, 0) is 31.0 Å². The Hall–Kier alpha value is -2.34. The summed E-state index contributed by atoms with van der Waals surface area (Å²) in [5, 5.41) is 7.25. The second-order valence-corrected chi connectivity index (χ2v) is 7.52. The zero-order valence-corrected chi connectivity index (χ0v) is 16.0. The van der Waals surface area contributed by atoms with Crippen molar-refractivity contribution in [2.24, 2.45) is 0 Å². The average Bonchev–Trinajstić information content (AvgIpc) is 3.24. The summed E-state index contributed by atoms with van der Waals surface area (Å²) in [6, 6.07) is 10.3. The predicted octanol–water partition coefficient (Wildman–Crippen LogP) is 3.18. The van der Waals surface area contributed by atoms with Crippen molar-refractivity contribution in [1.82, 2.24) is 20.0 Å². The zero-order valence-electron chi connectivity index (χ0n) is 16.0. The van der Waals surface area contributed by atoms with E-state index in [1.54, 1.807) is 7.11 Å². The molecule has 144 valence electrons. The number of carbonyl (C=O) groups is 1. The molecule has 1 aromatic carbocycles. The fourth-order valence-corrected chi connectivity index (χ4v) is 4.27. The number of methoxy groups -OCH3 is 1. The second kappa shape index (κ2) is 8.13. The minimum absolute atomic E-state index is 0.0416. The number of nitrogens with zero attached hydrogens (tertiary/aromatic N) is 3. The molecular formula is C21H28N4O2. The number of benzene rings is 1. The Morgan fingerprint density at radius 3 is 2.63 bits per heavy atom. The van der Waals surface area contributed by atoms with Crippen molar-refractivity contribution in [2.75, 3.05) is 33.3 Å². The van der Waals surface area contributed by atoms with Crippen LogP contribution in [0.15, 0.2) is 30.3 Å². The van der Waals surface area contributed by atoms with Crippen molar-refractivity contribution in [3.05, 3.63) is 36.0 Å². The van der Waals surface area contributed by atoms with Crippen LogP contribution in [0.4, 0.5) is 0 Å². The van der Waals surface area contributed by atoms with Gasteiger partial charge in [-0.1, -0.05) is 31.4 Å². The third-order valence-electron chi connectivity index (χ3n) is 5.87. The van der Waals surface area contributed by atoms with Gasteiger partial charge in [0.15, 0.2) is 0 Å². The summed E-state index contributed by atoms with van der Waals surface area (Å²) < 4.78 is 5.27. The monoisotopic (exact) mass is 368 g/mol. The number of aromatic amines is 1. The molecule has 1 saturated carbocycles. The topological polar surface area (TPSA) is 61.5 Å². The van der Waals surface area contributed by atoms with Crippen molar-refractivity contribution >= 4 is 5.91 Å². The van der Waals surface area contributed by atoms with E-state index in [1.807, 2.05) is 35.2 Å². The van der Waals surface area contributed by atoms with E-state index in [1.165, 1.54) is 32.1 Å². The number of nitrogens with one attached hydrogen (secondary N) is 1. The van der Waals surface area contributed by atoms with E-state index in [9.17, 15) is 4.79 Å². The largest absolute Gasteiger partial charge is 0.497 e. The van der Waals surface area contributed by atoms with Crippen molar-refractivity contribution < 1.29 is 9.53 Å². The fourth-order valence-electron chi connectivity index (χ4n) is 4.27. The van der Waals surface area contributed by atoms with Gasteiger partial charge in [0.05, 0.1) is 12.8 Å². The van der Waals surface area contributed by atoms with E-state index >= 15 is 0 Å². The Morgan fingerprint density at radius 2 is 1.89 bits per heavy atom. The highest BCUT2D eigenvalue weighted by Crippen LogP contribution is 2.25. The van der Waals surface area contributed by atoms with Crippen LogP contribution in [0.1, 0.15) is 42.6 Å². The molecule has 4 rings (SSSR count). The van der Waals surface area contributed by atoms with Crippen LogP contribution in [0, 0.1) is 0 Å². The minimum atomic E-state index is 0.0416. The van der Waals surface area contributed by atoms with Gasteiger partial charge in [0.2, 0.25) is 0 Å². The molecule has 1 amide bonds. The molecule has 0 unspecified atom stereocenters. The zero-order chi connectivity index (χ0) is 18.6. The highest BCUT2D eigenvalue weighted by Gasteiger charge is 2.28. The molecule has 2 aromatic rings. The first-order valence-corrected chi connectivity index (χ1v) is 9.98. The number of rotatable bonds is 4. The number of ether oxygens (including phenoxy) is 1. The van der Waals surface area contributed by atoms with Gasteiger partial charge in [0, 0.05) is 37.8 Å². The summed E-state index contributed by atoms with van der Waals surface area (Å²) in [7, 11) is 1.64. The number of H-pyrrole nitrogens is 1. The maximum Gasteiger partial charge on any atom is 0.271 e. The SMILES string of the molecule is COc1cccc(-c2cc(C(=O)N3CCN(C4CCCCC4)CC3)[nH]n2)c1. The normalized spacial score (nSPS) is 19.2. The average molecular weight is 368 g/mol. The molecule has 0 radical (unpaired) electrons. The van der Waals surface area contributed by atoms with E-state index in [4.69, 9.17) is 4.74 Å². The van der Waals surface area contributed by atoms with Crippen LogP contribution in [0.5, 0.6) is 5.75 Å². The standard InChI is InChI=1S/C21H28N4O2/c1-27-18-9-5-6-16(14-18)19-15-20(23-22-19)21(26)25-12-10-24(11-13-25)17-7-3-2-4-8-17/h5-6,9,14-15,17H,2-4,7-8,10-13H2,1H3,(H,22,23). The molecule has 1 aliphatic heterocycles. The minimum Gasteiger partial charge on any atom is -0.497 e. The first-order valence-electron chi connectivity index (χ1n) is 9.98. The van der Waals surface area contributed by atoms with Gasteiger partial charge in [-0.25, -0.2) is 0 Å². The first kappa shape index (κ1) is 18.0. The number of hydrogen-bond acceptors (Lipinski definition) is 4. The summed E-state index contributed by atoms with van der Waals surface area (Å²) in [5.41, 5.74) is 2.25. The Balaban J connectivity index is 1.38. The molecule has 2 aliphatic rings. The quantitative estimate of drug-likeness (QED) is 0.900. The van der Waals surface area contributed by atoms with Gasteiger partial charge in [0.1, 0.15) is 11.4 Å². The number of aromatic nitrogens is 2. The van der Waals surface area contributed by atoms with E-state index in [-0.39, 0.29) is 5.91 Å². The van der Waals surface area contributed by atoms with Crippen LogP contribution in [-0.2, 0) is 0 Å². The highest BCUT2D eigenvalue weighted by atomic mass is 16.5. The lowest BCUT2D eigenvalue weighted by atomic mass is 9.94. The van der Waals surface area contributed by atoms with E-state index in [2.05, 4.69) is 15.1 Å². The Labute approximate surface area is 160 Å². The van der Waals surface area contributed by atoms with Gasteiger partial charge in [-0.2, -0.15) is 5.10 Å². The number of carbonyl (C=O) groups excluding carboxylic acids is 1. The van der Waals surface area contributed by atoms with Crippen LogP contribution in [0.2, 0.25) is 0 Å². The van der Waals surface area contributed by atoms with Crippen LogP contribution in [-0.4, -0.2) is 65.2 Å². The Bertz CT molecular complexity index is 774. The van der Waals surface area contributed by atoms with Gasteiger partial charge in [-0.15, -0.1) is 0 Å². The Morgan fingerprint density at radius 1 is 1.11 bits per heavy atom. The van der Waals surface area contributed by atoms with Crippen molar-refractivity contribution in [3.8, 4) is 17.0 Å². The molecule has 0 spiro atoms. The van der Waals surface area contributed by atoms with E-state index in [0.717, 1.165) is 49.2 Å². The highest BCUT2D eigenvalue weighted by molar-refractivity contribution is 5.93. The third-order valence-corrected chi connectivity index (χ3v) is 5.87. The third kappa shape index (κ3) is 4.00. The van der Waals surface area contributed by atoms with Crippen LogP contribution in [0.25, 0.3) is 11.3 Å². The number of amides is 1. The predicted molar refractivity (Wildman–Crippen MR) is 105 cm³/mol. The van der Waals surface area contributed by atoms with Gasteiger partial charge in [0.25, 0.3) is 5.91 Å². The lowest BCUT2D eigenvalue weighted by molar-refractivity contribution is 0.0518. The molecule has 2 heterocycles. The molecule has 27 heavy (non-hydrogen) atoms. The van der Waals surface area contributed by atoms with Crippen LogP contribution >= 0.6 is 0 Å². The maximum atomic E-state index is 12.9. The lowest BCUT2D eigenvalue weighted by Gasteiger charge is -2.40. The summed E-state index contributed by atoms with van der Waals surface area (Å²) in [4.78, 5) is 17.4. The molecule has 1 N–H and O–H groups in total. The molecule has 6 nitrogen and oxygen atoms in total. The van der Waals surface area contributed by atoms with Crippen LogP contribution in [0.3, 0.4) is 0 Å². The summed E-state index contributed by atoms with van der Waals surface area (Å²) in [6.07, 6.45) is 6.72. The Kier molecular flexibility index (Phi) is 5.43. The van der Waals surface area contributed by atoms with Crippen molar-refractivity contribution in [2.45, 2.75) is 38.1 Å². The molecular weight excluding hydrogens is 340 g/mol. The van der Waals surface area contributed by atoms with Gasteiger partial charge < -0.3 is 9.64 Å². The van der Waals surface area contributed by atoms with Crippen LogP contribution < -0.4 is 4.74 Å². The second-order valence-electron chi connectivity index (χ2n) is 7.52.